The van der Waals surface area contributed by atoms with E-state index >= 15 is 0 Å². The number of carbonyl (C=O) groups is 1. The second-order valence-electron chi connectivity index (χ2n) is 5.35. The first kappa shape index (κ1) is 15.6. The fourth-order valence-electron chi connectivity index (χ4n) is 2.90. The Hall–Kier alpha value is -0.800. The minimum absolute atomic E-state index is 0.194. The van der Waals surface area contributed by atoms with Crippen molar-refractivity contribution in [2.75, 3.05) is 0 Å². The zero-order chi connectivity index (χ0) is 14.5. The number of pyridine rings is 1. The topological polar surface area (TPSA) is 42.0 Å². The third kappa shape index (κ3) is 3.86. The molecule has 5 heteroatoms. The number of hydrogen-bond acceptors (Lipinski definition) is 2. The Morgan fingerprint density at radius 1 is 1.35 bits per heavy atom. The Labute approximate surface area is 130 Å². The van der Waals surface area contributed by atoms with Crippen molar-refractivity contribution < 1.29 is 4.79 Å². The van der Waals surface area contributed by atoms with Crippen molar-refractivity contribution in [3.05, 3.63) is 28.0 Å². The zero-order valence-corrected chi connectivity index (χ0v) is 13.2. The van der Waals surface area contributed by atoms with Crippen LogP contribution in [0.1, 0.15) is 55.9 Å². The van der Waals surface area contributed by atoms with Crippen LogP contribution in [0.25, 0.3) is 0 Å². The molecule has 1 aromatic heterocycles. The first-order chi connectivity index (χ1) is 9.61. The summed E-state index contributed by atoms with van der Waals surface area (Å²) in [6.45, 7) is 2.10. The Kier molecular flexibility index (Phi) is 5.67. The fraction of sp³-hybridized carbons (Fsp3) is 0.600. The number of aromatic nitrogens is 1. The molecule has 1 atom stereocenters. The summed E-state index contributed by atoms with van der Waals surface area (Å²) in [7, 11) is 0. The van der Waals surface area contributed by atoms with Crippen LogP contribution in [0, 0.1) is 5.92 Å². The second kappa shape index (κ2) is 7.28. The van der Waals surface area contributed by atoms with Crippen molar-refractivity contribution in [3.8, 4) is 0 Å². The molecule has 0 saturated heterocycles. The van der Waals surface area contributed by atoms with Crippen molar-refractivity contribution in [1.29, 1.82) is 0 Å². The average molecular weight is 315 g/mol. The van der Waals surface area contributed by atoms with Crippen LogP contribution in [0.2, 0.25) is 10.2 Å². The Morgan fingerprint density at radius 3 is 2.70 bits per heavy atom. The van der Waals surface area contributed by atoms with E-state index in [9.17, 15) is 4.79 Å². The minimum atomic E-state index is -0.227. The Morgan fingerprint density at radius 2 is 2.05 bits per heavy atom. The SMILES string of the molecule is CCC(NC(=O)c1nc(Cl)ccc1Cl)C1CCCCC1. The molecular weight excluding hydrogens is 295 g/mol. The average Bonchev–Trinajstić information content (AvgIpc) is 2.48. The lowest BCUT2D eigenvalue weighted by Gasteiger charge is -2.30. The molecule has 110 valence electrons. The van der Waals surface area contributed by atoms with Crippen LogP contribution < -0.4 is 5.32 Å². The third-order valence-corrected chi connectivity index (χ3v) is 4.52. The van der Waals surface area contributed by atoms with Gasteiger partial charge in [0.1, 0.15) is 10.8 Å². The number of nitrogens with one attached hydrogen (secondary N) is 1. The normalized spacial score (nSPS) is 17.8. The number of halogens is 2. The molecule has 1 heterocycles. The van der Waals surface area contributed by atoms with Crippen molar-refractivity contribution >= 4 is 29.1 Å². The van der Waals surface area contributed by atoms with E-state index in [1.807, 2.05) is 0 Å². The summed E-state index contributed by atoms with van der Waals surface area (Å²) in [6.07, 6.45) is 7.13. The van der Waals surface area contributed by atoms with Gasteiger partial charge in [-0.05, 0) is 37.3 Å². The van der Waals surface area contributed by atoms with Gasteiger partial charge < -0.3 is 5.32 Å². The predicted octanol–water partition coefficient (Wildman–Crippen LogP) is 4.48. The standard InChI is InChI=1S/C15H20Cl2N2O/c1-2-12(10-6-4-3-5-7-10)18-15(20)14-11(16)8-9-13(17)19-14/h8-10,12H,2-7H2,1H3,(H,18,20). The highest BCUT2D eigenvalue weighted by Crippen LogP contribution is 2.28. The first-order valence-electron chi connectivity index (χ1n) is 7.24. The summed E-state index contributed by atoms with van der Waals surface area (Å²) in [5.41, 5.74) is 0.216. The van der Waals surface area contributed by atoms with Gasteiger partial charge in [-0.15, -0.1) is 0 Å². The molecule has 1 amide bonds. The molecule has 1 aliphatic carbocycles. The quantitative estimate of drug-likeness (QED) is 0.833. The molecule has 0 spiro atoms. The van der Waals surface area contributed by atoms with E-state index in [1.54, 1.807) is 12.1 Å². The highest BCUT2D eigenvalue weighted by Gasteiger charge is 2.25. The molecule has 1 aliphatic rings. The number of nitrogens with zero attached hydrogens (tertiary/aromatic N) is 1. The van der Waals surface area contributed by atoms with Gasteiger partial charge in [0.2, 0.25) is 0 Å². The molecule has 0 radical (unpaired) electrons. The van der Waals surface area contributed by atoms with E-state index in [0.29, 0.717) is 10.9 Å². The number of amides is 1. The number of hydrogen-bond donors (Lipinski definition) is 1. The van der Waals surface area contributed by atoms with Crippen LogP contribution >= 0.6 is 23.2 Å². The lowest BCUT2D eigenvalue weighted by atomic mass is 9.83. The van der Waals surface area contributed by atoms with Crippen LogP contribution in [-0.4, -0.2) is 16.9 Å². The largest absolute Gasteiger partial charge is 0.348 e. The summed E-state index contributed by atoms with van der Waals surface area (Å²) in [4.78, 5) is 16.3. The molecule has 1 unspecified atom stereocenters. The lowest BCUT2D eigenvalue weighted by Crippen LogP contribution is -2.41. The van der Waals surface area contributed by atoms with Crippen LogP contribution in [0.3, 0.4) is 0 Å². The third-order valence-electron chi connectivity index (χ3n) is 4.00. The molecule has 0 aliphatic heterocycles. The van der Waals surface area contributed by atoms with E-state index in [-0.39, 0.29) is 22.8 Å². The first-order valence-corrected chi connectivity index (χ1v) is 8.00. The van der Waals surface area contributed by atoms with Crippen LogP contribution in [0.15, 0.2) is 12.1 Å². The molecule has 1 saturated carbocycles. The molecule has 0 aromatic carbocycles. The van der Waals surface area contributed by atoms with Gasteiger partial charge in [0, 0.05) is 6.04 Å². The molecule has 1 fully saturated rings. The minimum Gasteiger partial charge on any atom is -0.348 e. The second-order valence-corrected chi connectivity index (χ2v) is 6.15. The van der Waals surface area contributed by atoms with Gasteiger partial charge >= 0.3 is 0 Å². The van der Waals surface area contributed by atoms with Crippen LogP contribution in [-0.2, 0) is 0 Å². The van der Waals surface area contributed by atoms with Gasteiger partial charge in [0.25, 0.3) is 5.91 Å². The van der Waals surface area contributed by atoms with E-state index in [2.05, 4.69) is 17.2 Å². The predicted molar refractivity (Wildman–Crippen MR) is 82.4 cm³/mol. The summed E-state index contributed by atoms with van der Waals surface area (Å²) < 4.78 is 0. The molecule has 2 rings (SSSR count). The van der Waals surface area contributed by atoms with Crippen LogP contribution in [0.4, 0.5) is 0 Å². The highest BCUT2D eigenvalue weighted by molar-refractivity contribution is 6.34. The summed E-state index contributed by atoms with van der Waals surface area (Å²) in [5.74, 6) is 0.339. The van der Waals surface area contributed by atoms with Gasteiger partial charge in [0.05, 0.1) is 5.02 Å². The van der Waals surface area contributed by atoms with E-state index in [1.165, 1.54) is 32.1 Å². The van der Waals surface area contributed by atoms with Gasteiger partial charge in [-0.25, -0.2) is 4.98 Å². The van der Waals surface area contributed by atoms with Gasteiger partial charge in [-0.1, -0.05) is 49.4 Å². The maximum atomic E-state index is 12.3. The molecule has 3 nitrogen and oxygen atoms in total. The Balaban J connectivity index is 2.06. The molecule has 1 aromatic rings. The maximum Gasteiger partial charge on any atom is 0.271 e. The van der Waals surface area contributed by atoms with Crippen molar-refractivity contribution in [2.24, 2.45) is 5.92 Å². The molecular formula is C15H20Cl2N2O. The Bertz CT molecular complexity index is 473. The van der Waals surface area contributed by atoms with Gasteiger partial charge in [-0.3, -0.25) is 4.79 Å². The summed E-state index contributed by atoms with van der Waals surface area (Å²) >= 11 is 11.9. The van der Waals surface area contributed by atoms with Gasteiger partial charge in [-0.2, -0.15) is 0 Å². The number of rotatable bonds is 4. The highest BCUT2D eigenvalue weighted by atomic mass is 35.5. The van der Waals surface area contributed by atoms with Crippen molar-refractivity contribution in [2.45, 2.75) is 51.5 Å². The van der Waals surface area contributed by atoms with Gasteiger partial charge in [0.15, 0.2) is 0 Å². The van der Waals surface area contributed by atoms with Crippen molar-refractivity contribution in [3.63, 3.8) is 0 Å². The van der Waals surface area contributed by atoms with Crippen LogP contribution in [0.5, 0.6) is 0 Å². The lowest BCUT2D eigenvalue weighted by molar-refractivity contribution is 0.0906. The molecule has 20 heavy (non-hydrogen) atoms. The monoisotopic (exact) mass is 314 g/mol. The smallest absolute Gasteiger partial charge is 0.271 e. The van der Waals surface area contributed by atoms with E-state index in [0.717, 1.165) is 6.42 Å². The zero-order valence-electron chi connectivity index (χ0n) is 11.7. The maximum absolute atomic E-state index is 12.3. The van der Waals surface area contributed by atoms with E-state index in [4.69, 9.17) is 23.2 Å². The molecule has 1 N–H and O–H groups in total. The van der Waals surface area contributed by atoms with Crippen molar-refractivity contribution in [1.82, 2.24) is 10.3 Å². The molecule has 0 bridgehead atoms. The summed E-state index contributed by atoms with van der Waals surface area (Å²) in [6, 6.07) is 3.38. The van der Waals surface area contributed by atoms with E-state index < -0.39 is 0 Å². The number of carbonyl (C=O) groups excluding carboxylic acids is 1. The summed E-state index contributed by atoms with van der Waals surface area (Å²) in [5, 5.41) is 3.70. The fourth-order valence-corrected chi connectivity index (χ4v) is 3.24.